The standard InChI is InChI=1S/C26H25N3O.C5H9O2.2Li/c1-4-29(5-2)26(30)20-15-13-19(14-16-20)18(3)21-9-6-7-10-22(21)23-11-8-12-25-24(23)17-27-28-25;1-5(2,3)7-4-6;;/h3,8,12-17H,1-2,4-7,9-10H2,(H,27,28);1-3H3;;/q-4;-1;2*+1. The maximum Gasteiger partial charge on any atom is 1.00 e. The number of rotatable bonds is 7. The van der Waals surface area contributed by atoms with Crippen molar-refractivity contribution in [3.63, 3.8) is 0 Å². The van der Waals surface area contributed by atoms with Crippen LogP contribution in [0.15, 0.2) is 48.2 Å². The minimum Gasteiger partial charge on any atom is -0.649 e. The Hall–Kier alpha value is -2.48. The summed E-state index contributed by atoms with van der Waals surface area (Å²) in [4.78, 5) is 23.6. The second-order valence-corrected chi connectivity index (χ2v) is 9.80. The summed E-state index contributed by atoms with van der Waals surface area (Å²) < 4.78 is 4.42. The molecule has 196 valence electrons. The molecule has 0 atom stereocenters. The van der Waals surface area contributed by atoms with E-state index < -0.39 is 0 Å². The van der Waals surface area contributed by atoms with Crippen LogP contribution in [0.2, 0.25) is 0 Å². The number of amides is 1. The van der Waals surface area contributed by atoms with E-state index in [1.807, 2.05) is 42.6 Å². The van der Waals surface area contributed by atoms with Crippen LogP contribution in [0.3, 0.4) is 0 Å². The Bertz CT molecular complexity index is 1270. The molecular weight excluding hydrogens is 476 g/mol. The van der Waals surface area contributed by atoms with Gasteiger partial charge in [0.05, 0.1) is 5.60 Å². The van der Waals surface area contributed by atoms with Crippen LogP contribution in [-0.4, -0.2) is 46.2 Å². The Morgan fingerprint density at radius 3 is 2.28 bits per heavy atom. The maximum atomic E-state index is 12.5. The summed E-state index contributed by atoms with van der Waals surface area (Å²) in [5, 5.41) is 8.29. The van der Waals surface area contributed by atoms with E-state index in [9.17, 15) is 9.59 Å². The SMILES string of the molecule is CC(C)(C)O[C-]=O.[CH-]=C(C1=C(c2[c-]ccc3[nH]ncc23)CCCC1)c1ccc(C(=O)N(C[CH2-])C[CH2-])cc1.[Li+].[Li+]. The van der Waals surface area contributed by atoms with Crippen LogP contribution >= 0.6 is 0 Å². The summed E-state index contributed by atoms with van der Waals surface area (Å²) in [5.41, 5.74) is 6.43. The van der Waals surface area contributed by atoms with Crippen molar-refractivity contribution < 1.29 is 52.0 Å². The Kier molecular flexibility index (Phi) is 14.1. The molecule has 0 saturated heterocycles. The molecule has 0 saturated carbocycles. The van der Waals surface area contributed by atoms with E-state index in [1.54, 1.807) is 25.7 Å². The third kappa shape index (κ3) is 9.02. The summed E-state index contributed by atoms with van der Waals surface area (Å²) in [6, 6.07) is 14.8. The summed E-state index contributed by atoms with van der Waals surface area (Å²) >= 11 is 0. The van der Waals surface area contributed by atoms with Gasteiger partial charge in [0.15, 0.2) is 0 Å². The van der Waals surface area contributed by atoms with Crippen molar-refractivity contribution in [2.45, 2.75) is 52.1 Å². The van der Waals surface area contributed by atoms with Gasteiger partial charge in [-0.25, -0.2) is 6.58 Å². The van der Waals surface area contributed by atoms with E-state index in [0.29, 0.717) is 18.7 Å². The number of allylic oxidation sites excluding steroid dienone is 3. The smallest absolute Gasteiger partial charge is 0.649 e. The number of hydrogen-bond donors (Lipinski definition) is 1. The van der Waals surface area contributed by atoms with E-state index in [-0.39, 0.29) is 49.2 Å². The second-order valence-electron chi connectivity index (χ2n) is 9.80. The monoisotopic (exact) mass is 510 g/mol. The Labute approximate surface area is 257 Å². The molecule has 6 nitrogen and oxygen atoms in total. The zero-order valence-corrected chi connectivity index (χ0v) is 23.9. The van der Waals surface area contributed by atoms with Crippen molar-refractivity contribution >= 4 is 34.4 Å². The van der Waals surface area contributed by atoms with Crippen molar-refractivity contribution in [1.29, 1.82) is 0 Å². The maximum absolute atomic E-state index is 12.5. The summed E-state index contributed by atoms with van der Waals surface area (Å²) in [6.45, 7) is 21.8. The largest absolute Gasteiger partial charge is 1.00 e. The summed E-state index contributed by atoms with van der Waals surface area (Å²) in [6.07, 6.45) is 6.00. The van der Waals surface area contributed by atoms with Crippen molar-refractivity contribution in [2.24, 2.45) is 0 Å². The minimum absolute atomic E-state index is 0. The number of hydrogen-bond acceptors (Lipinski definition) is 4. The second kappa shape index (κ2) is 16.0. The van der Waals surface area contributed by atoms with Gasteiger partial charge in [-0.2, -0.15) is 21.8 Å². The predicted molar refractivity (Wildman–Crippen MR) is 148 cm³/mol. The molecule has 1 heterocycles. The number of carbonyl (C=O) groups excluding carboxylic acids is 2. The number of ether oxygens (including phenoxy) is 1. The first-order chi connectivity index (χ1) is 17.7. The zero-order chi connectivity index (χ0) is 27.0. The fourth-order valence-electron chi connectivity index (χ4n) is 4.23. The van der Waals surface area contributed by atoms with Crippen LogP contribution in [-0.2, 0) is 9.53 Å². The Morgan fingerprint density at radius 2 is 1.72 bits per heavy atom. The number of carbonyl (C=O) groups is 1. The average molecular weight is 511 g/mol. The molecule has 0 aliphatic heterocycles. The van der Waals surface area contributed by atoms with Crippen LogP contribution in [0, 0.1) is 26.5 Å². The number of H-pyrrole nitrogens is 1. The van der Waals surface area contributed by atoms with E-state index in [2.05, 4.69) is 34.8 Å². The van der Waals surface area contributed by atoms with E-state index in [0.717, 1.165) is 53.3 Å². The third-order valence-corrected chi connectivity index (χ3v) is 6.13. The first-order valence-corrected chi connectivity index (χ1v) is 12.4. The van der Waals surface area contributed by atoms with Gasteiger partial charge in [0, 0.05) is 11.8 Å². The molecule has 39 heavy (non-hydrogen) atoms. The van der Waals surface area contributed by atoms with Gasteiger partial charge in [-0.05, 0) is 26.3 Å². The fourth-order valence-corrected chi connectivity index (χ4v) is 4.23. The van der Waals surface area contributed by atoms with E-state index in [1.165, 1.54) is 17.6 Å². The van der Waals surface area contributed by atoms with Crippen LogP contribution < -0.4 is 37.7 Å². The van der Waals surface area contributed by atoms with Gasteiger partial charge in [-0.1, -0.05) is 49.7 Å². The van der Waals surface area contributed by atoms with Crippen LogP contribution in [0.5, 0.6) is 0 Å². The van der Waals surface area contributed by atoms with E-state index >= 15 is 0 Å². The molecule has 1 aromatic heterocycles. The predicted octanol–water partition coefficient (Wildman–Crippen LogP) is 0.194. The van der Waals surface area contributed by atoms with Crippen LogP contribution in [0.1, 0.15) is 67.9 Å². The molecule has 1 aliphatic carbocycles. The molecule has 4 rings (SSSR count). The zero-order valence-electron chi connectivity index (χ0n) is 23.9. The first kappa shape index (κ1) is 34.6. The van der Waals surface area contributed by atoms with Crippen molar-refractivity contribution in [3.8, 4) is 0 Å². The van der Waals surface area contributed by atoms with Gasteiger partial charge < -0.3 is 28.3 Å². The molecule has 0 fully saturated rings. The topological polar surface area (TPSA) is 75.3 Å². The number of aromatic nitrogens is 2. The number of aromatic amines is 1. The molecule has 1 N–H and O–H groups in total. The number of benzene rings is 2. The van der Waals surface area contributed by atoms with Crippen LogP contribution in [0.4, 0.5) is 0 Å². The number of nitrogens with zero attached hydrogens (tertiary/aromatic N) is 2. The quantitative estimate of drug-likeness (QED) is 0.364. The summed E-state index contributed by atoms with van der Waals surface area (Å²) in [7, 11) is 0. The third-order valence-electron chi connectivity index (χ3n) is 6.13. The minimum atomic E-state index is -0.373. The molecular formula is C31H34Li2N3O3-3. The van der Waals surface area contributed by atoms with Crippen molar-refractivity contribution in [2.75, 3.05) is 13.1 Å². The molecule has 2 aromatic carbocycles. The molecule has 0 radical (unpaired) electrons. The Morgan fingerprint density at radius 1 is 1.10 bits per heavy atom. The molecule has 1 amide bonds. The van der Waals surface area contributed by atoms with Gasteiger partial charge in [-0.15, -0.1) is 54.5 Å². The average Bonchev–Trinajstić information content (AvgIpc) is 3.38. The Balaban J connectivity index is 0.000000752. The number of nitrogens with one attached hydrogen (secondary N) is 1. The molecule has 0 unspecified atom stereocenters. The van der Waals surface area contributed by atoms with Crippen molar-refractivity contribution in [1.82, 2.24) is 15.1 Å². The van der Waals surface area contributed by atoms with Gasteiger partial charge >= 0.3 is 37.7 Å². The van der Waals surface area contributed by atoms with Gasteiger partial charge in [0.2, 0.25) is 5.91 Å². The molecule has 8 heteroatoms. The van der Waals surface area contributed by atoms with Gasteiger partial charge in [0.25, 0.3) is 0 Å². The number of fused-ring (bicyclic) bond motifs is 1. The van der Waals surface area contributed by atoms with Gasteiger partial charge in [-0.3, -0.25) is 9.89 Å². The van der Waals surface area contributed by atoms with Crippen molar-refractivity contribution in [3.05, 3.63) is 91.4 Å². The first-order valence-electron chi connectivity index (χ1n) is 12.4. The summed E-state index contributed by atoms with van der Waals surface area (Å²) in [5.74, 6) is -0.0658. The molecule has 1 aliphatic rings. The normalized spacial score (nSPS) is 12.8. The molecule has 0 spiro atoms. The van der Waals surface area contributed by atoms with Gasteiger partial charge in [0.1, 0.15) is 0 Å². The molecule has 0 bridgehead atoms. The van der Waals surface area contributed by atoms with Crippen LogP contribution in [0.25, 0.3) is 22.0 Å². The fraction of sp³-hybridized carbons (Fsp3) is 0.323. The van der Waals surface area contributed by atoms with E-state index in [4.69, 9.17) is 6.58 Å². The molecule has 3 aromatic rings.